The number of fused-ring (bicyclic) bond motifs is 3. The first-order chi connectivity index (χ1) is 10.4. The summed E-state index contributed by atoms with van der Waals surface area (Å²) in [7, 11) is 0. The van der Waals surface area contributed by atoms with Gasteiger partial charge >= 0.3 is 53.1 Å². The number of hydrogen-bond acceptors (Lipinski definition) is 0. The van der Waals surface area contributed by atoms with E-state index in [1.807, 2.05) is 36.4 Å². The molecule has 3 aromatic rings. The zero-order chi connectivity index (χ0) is 14.9. The molecule has 0 saturated carbocycles. The van der Waals surface area contributed by atoms with Crippen molar-refractivity contribution in [3.05, 3.63) is 90.0 Å². The van der Waals surface area contributed by atoms with Crippen LogP contribution in [0.5, 0.6) is 0 Å². The molecule has 24 heavy (non-hydrogen) atoms. The van der Waals surface area contributed by atoms with Crippen LogP contribution in [0, 0.1) is 6.07 Å². The van der Waals surface area contributed by atoms with Crippen molar-refractivity contribution < 1.29 is 51.0 Å². The zero-order valence-electron chi connectivity index (χ0n) is 14.1. The summed E-state index contributed by atoms with van der Waals surface area (Å²) < 4.78 is 0. The Morgan fingerprint density at radius 3 is 2.04 bits per heavy atom. The van der Waals surface area contributed by atoms with E-state index in [2.05, 4.69) is 54.0 Å². The van der Waals surface area contributed by atoms with Crippen molar-refractivity contribution in [3.8, 4) is 11.1 Å². The van der Waals surface area contributed by atoms with Gasteiger partial charge in [-0.15, -0.1) is 5.56 Å². The molecule has 0 spiro atoms. The maximum Gasteiger partial charge on any atom is 4.00 e. The summed E-state index contributed by atoms with van der Waals surface area (Å²) in [6.07, 6.45) is 1.05. The maximum absolute atomic E-state index is 3.30. The Morgan fingerprint density at radius 2 is 1.46 bits per heavy atom. The normalized spacial score (nSPS) is 9.08. The summed E-state index contributed by atoms with van der Waals surface area (Å²) in [6.45, 7) is 0. The van der Waals surface area contributed by atoms with Crippen LogP contribution < -0.4 is 24.8 Å². The van der Waals surface area contributed by atoms with E-state index in [-0.39, 0.29) is 66.4 Å². The van der Waals surface area contributed by atoms with Gasteiger partial charge in [-0.05, 0) is 6.42 Å². The molecule has 0 unspecified atom stereocenters. The molecule has 0 amide bonds. The third-order valence-corrected chi connectivity index (χ3v) is 3.17. The predicted molar refractivity (Wildman–Crippen MR) is 95.8 cm³/mol. The van der Waals surface area contributed by atoms with Gasteiger partial charge in [0, 0.05) is 0 Å². The Hall–Kier alpha value is -0.204. The van der Waals surface area contributed by atoms with E-state index in [1.54, 1.807) is 0 Å². The zero-order valence-corrected chi connectivity index (χ0v) is 21.0. The summed E-state index contributed by atoms with van der Waals surface area (Å²) in [6, 6.07) is 28.1. The summed E-state index contributed by atoms with van der Waals surface area (Å²) in [5.74, 6) is 4.62. The SMILES string of the molecule is [CH3][GeH2][CH3].[Cl-].[Cl-].[Zr+4].[c-]1cccc2c1Cc1ccccc1-2.c1cc[cH-]c1. The van der Waals surface area contributed by atoms with E-state index in [1.165, 1.54) is 22.3 Å². The molecule has 0 heterocycles. The van der Waals surface area contributed by atoms with Gasteiger partial charge in [0.15, 0.2) is 0 Å². The van der Waals surface area contributed by atoms with E-state index >= 15 is 0 Å². The Labute approximate surface area is 184 Å². The van der Waals surface area contributed by atoms with E-state index in [4.69, 9.17) is 0 Å². The van der Waals surface area contributed by atoms with Crippen LogP contribution in [0.15, 0.2) is 72.8 Å². The van der Waals surface area contributed by atoms with E-state index in [0.29, 0.717) is 0 Å². The molecular formula is C20H22Cl2GeZr. The number of benzene rings is 2. The quantitative estimate of drug-likeness (QED) is 0.210. The van der Waals surface area contributed by atoms with Crippen molar-refractivity contribution in [2.45, 2.75) is 17.9 Å². The summed E-state index contributed by atoms with van der Waals surface area (Å²) >= 11 is 0.125. The minimum absolute atomic E-state index is 0. The van der Waals surface area contributed by atoms with Gasteiger partial charge < -0.3 is 24.8 Å². The van der Waals surface area contributed by atoms with Crippen LogP contribution in [-0.2, 0) is 32.6 Å². The van der Waals surface area contributed by atoms with Crippen molar-refractivity contribution in [2.24, 2.45) is 0 Å². The van der Waals surface area contributed by atoms with E-state index < -0.39 is 0 Å². The predicted octanol–water partition coefficient (Wildman–Crippen LogP) is -1.28. The molecule has 0 saturated heterocycles. The van der Waals surface area contributed by atoms with Gasteiger partial charge in [-0.1, -0.05) is 35.4 Å². The fourth-order valence-electron chi connectivity index (χ4n) is 2.32. The topological polar surface area (TPSA) is 0 Å². The standard InChI is InChI=1S/C13H9.C5H5.C2H8Ge.2ClH.Zr/c1-3-7-12-10(5-1)9-11-6-2-4-8-13(11)12;1-2-4-5-3-1;1-3-2;;;/h1-5,7-8H,9H2;1-5H;3H2,1-2H3;2*1H;/q2*-1;;;;+4/p-2. The van der Waals surface area contributed by atoms with Gasteiger partial charge in [-0.2, -0.15) is 48.0 Å². The van der Waals surface area contributed by atoms with Crippen LogP contribution in [0.25, 0.3) is 11.1 Å². The van der Waals surface area contributed by atoms with Crippen LogP contribution in [0.3, 0.4) is 0 Å². The molecule has 4 heteroatoms. The molecule has 0 atom stereocenters. The van der Waals surface area contributed by atoms with Crippen LogP contribution >= 0.6 is 0 Å². The van der Waals surface area contributed by atoms with Gasteiger partial charge in [-0.3, -0.25) is 0 Å². The van der Waals surface area contributed by atoms with Gasteiger partial charge in [0.25, 0.3) is 0 Å². The van der Waals surface area contributed by atoms with Crippen molar-refractivity contribution in [1.82, 2.24) is 0 Å². The molecule has 3 aromatic carbocycles. The first-order valence-electron chi connectivity index (χ1n) is 7.61. The Balaban J connectivity index is 0. The minimum Gasteiger partial charge on any atom is -1.00 e. The third kappa shape index (κ3) is 7.79. The van der Waals surface area contributed by atoms with Gasteiger partial charge in [0.2, 0.25) is 0 Å². The fraction of sp³-hybridized carbons (Fsp3) is 0.150. The van der Waals surface area contributed by atoms with Crippen LogP contribution in [0.4, 0.5) is 0 Å². The first-order valence-corrected chi connectivity index (χ1v) is 13.5. The average Bonchev–Trinajstić information content (AvgIpc) is 3.19. The van der Waals surface area contributed by atoms with Gasteiger partial charge in [0.1, 0.15) is 0 Å². The summed E-state index contributed by atoms with van der Waals surface area (Å²) in [5.41, 5.74) is 5.51. The van der Waals surface area contributed by atoms with Crippen molar-refractivity contribution in [2.75, 3.05) is 0 Å². The largest absolute Gasteiger partial charge is 4.00 e. The maximum atomic E-state index is 3.30. The summed E-state index contributed by atoms with van der Waals surface area (Å²) in [5, 5.41) is 0. The minimum atomic E-state index is 0. The van der Waals surface area contributed by atoms with Crippen molar-refractivity contribution in [3.63, 3.8) is 0 Å². The molecule has 0 bridgehead atoms. The molecule has 0 N–H and O–H groups in total. The van der Waals surface area contributed by atoms with E-state index in [9.17, 15) is 0 Å². The molecule has 1 aliphatic carbocycles. The molecule has 0 aliphatic heterocycles. The Morgan fingerprint density at radius 1 is 0.875 bits per heavy atom. The van der Waals surface area contributed by atoms with Crippen LogP contribution in [0.2, 0.25) is 11.5 Å². The number of hydrogen-bond donors (Lipinski definition) is 0. The van der Waals surface area contributed by atoms with Gasteiger partial charge in [-0.25, -0.2) is 12.1 Å². The van der Waals surface area contributed by atoms with Gasteiger partial charge in [0.05, 0.1) is 0 Å². The first kappa shape index (κ1) is 26.0. The fourth-order valence-corrected chi connectivity index (χ4v) is 2.32. The molecule has 124 valence electrons. The second-order valence-electron chi connectivity index (χ2n) is 5.07. The monoisotopic (exact) mass is 496 g/mol. The Kier molecular flexibility index (Phi) is 16.4. The van der Waals surface area contributed by atoms with Crippen molar-refractivity contribution >= 4 is 15.4 Å². The molecule has 0 aromatic heterocycles. The number of rotatable bonds is 0. The molecular weight excluding hydrogens is 475 g/mol. The molecule has 4 rings (SSSR count). The molecule has 0 nitrogen and oxygen atoms in total. The average molecular weight is 497 g/mol. The smallest absolute Gasteiger partial charge is 1.00 e. The number of halogens is 2. The van der Waals surface area contributed by atoms with Crippen LogP contribution in [0.1, 0.15) is 11.1 Å². The van der Waals surface area contributed by atoms with Crippen molar-refractivity contribution in [1.29, 1.82) is 0 Å². The second kappa shape index (κ2) is 15.1. The molecule has 0 radical (unpaired) electrons. The van der Waals surface area contributed by atoms with Crippen LogP contribution in [-0.4, -0.2) is 15.4 Å². The van der Waals surface area contributed by atoms with E-state index in [0.717, 1.165) is 6.42 Å². The third-order valence-electron chi connectivity index (χ3n) is 3.17. The Bertz CT molecular complexity index is 594. The molecule has 0 fully saturated rings. The molecule has 1 aliphatic rings. The second-order valence-corrected chi connectivity index (χ2v) is 8.03. The summed E-state index contributed by atoms with van der Waals surface area (Å²) in [4.78, 5) is 0.